The van der Waals surface area contributed by atoms with Gasteiger partial charge in [-0.3, -0.25) is 9.78 Å². The molecule has 0 saturated carbocycles. The summed E-state index contributed by atoms with van der Waals surface area (Å²) >= 11 is 0. The van der Waals surface area contributed by atoms with Crippen molar-refractivity contribution in [2.75, 3.05) is 5.32 Å². The molecule has 1 aromatic heterocycles. The largest absolute Gasteiger partial charge is 0.457 e. The van der Waals surface area contributed by atoms with Crippen LogP contribution in [0.2, 0.25) is 0 Å². The van der Waals surface area contributed by atoms with Crippen LogP contribution in [-0.4, -0.2) is 10.9 Å². The molecule has 1 amide bonds. The van der Waals surface area contributed by atoms with Crippen LogP contribution in [0.4, 0.5) is 23.2 Å². The summed E-state index contributed by atoms with van der Waals surface area (Å²) in [4.78, 5) is 16.0. The normalized spacial score (nSPS) is 11.2. The quantitative estimate of drug-likeness (QED) is 0.551. The highest BCUT2D eigenvalue weighted by Crippen LogP contribution is 2.38. The minimum atomic E-state index is -4.61. The third-order valence-corrected chi connectivity index (χ3v) is 4.10. The maximum Gasteiger partial charge on any atom is 0.421 e. The van der Waals surface area contributed by atoms with Crippen molar-refractivity contribution in [3.05, 3.63) is 82.9 Å². The molecule has 8 heteroatoms. The molecule has 3 rings (SSSR count). The number of nitrogens with zero attached hydrogens (tertiary/aromatic N) is 1. The highest BCUT2D eigenvalue weighted by molar-refractivity contribution is 6.05. The van der Waals surface area contributed by atoms with Crippen LogP contribution in [0.1, 0.15) is 27.2 Å². The first kappa shape index (κ1) is 20.3. The van der Waals surface area contributed by atoms with Crippen molar-refractivity contribution < 1.29 is 27.1 Å². The average molecular weight is 404 g/mol. The minimum Gasteiger partial charge on any atom is -0.457 e. The number of hydrogen-bond donors (Lipinski definition) is 1. The van der Waals surface area contributed by atoms with Gasteiger partial charge in [0.25, 0.3) is 5.91 Å². The summed E-state index contributed by atoms with van der Waals surface area (Å²) in [6, 6.07) is 11.2. The Kier molecular flexibility index (Phi) is 5.54. The second-order valence-electron chi connectivity index (χ2n) is 6.33. The molecule has 0 saturated heterocycles. The summed E-state index contributed by atoms with van der Waals surface area (Å²) in [5, 5.41) is 2.55. The first-order chi connectivity index (χ1) is 13.6. The van der Waals surface area contributed by atoms with Gasteiger partial charge in [-0.05, 0) is 49.7 Å². The van der Waals surface area contributed by atoms with E-state index >= 15 is 0 Å². The molecule has 0 aliphatic rings. The summed E-state index contributed by atoms with van der Waals surface area (Å²) in [6.07, 6.45) is -3.89. The number of anilines is 1. The molecule has 0 spiro atoms. The molecule has 0 aliphatic carbocycles. The molecule has 0 unspecified atom stereocenters. The summed E-state index contributed by atoms with van der Waals surface area (Å²) < 4.78 is 58.6. The van der Waals surface area contributed by atoms with Crippen molar-refractivity contribution in [3.63, 3.8) is 0 Å². The zero-order valence-corrected chi connectivity index (χ0v) is 15.5. The smallest absolute Gasteiger partial charge is 0.421 e. The Morgan fingerprint density at radius 2 is 1.76 bits per heavy atom. The lowest BCUT2D eigenvalue weighted by Crippen LogP contribution is -2.15. The highest BCUT2D eigenvalue weighted by atomic mass is 19.4. The van der Waals surface area contributed by atoms with Crippen LogP contribution < -0.4 is 10.1 Å². The zero-order valence-electron chi connectivity index (χ0n) is 15.5. The number of amides is 1. The van der Waals surface area contributed by atoms with E-state index < -0.39 is 23.5 Å². The third kappa shape index (κ3) is 4.71. The van der Waals surface area contributed by atoms with Crippen LogP contribution in [-0.2, 0) is 6.18 Å². The Morgan fingerprint density at radius 1 is 1.07 bits per heavy atom. The van der Waals surface area contributed by atoms with Gasteiger partial charge in [-0.25, -0.2) is 4.39 Å². The topological polar surface area (TPSA) is 51.2 Å². The molecular formula is C21H16F4N2O2. The number of aryl methyl sites for hydroxylation is 2. The number of pyridine rings is 1. The fourth-order valence-electron chi connectivity index (χ4n) is 2.68. The van der Waals surface area contributed by atoms with Gasteiger partial charge in [-0.2, -0.15) is 13.2 Å². The van der Waals surface area contributed by atoms with Gasteiger partial charge in [0.1, 0.15) is 22.9 Å². The molecular weight excluding hydrogens is 388 g/mol. The molecule has 1 heterocycles. The second-order valence-corrected chi connectivity index (χ2v) is 6.33. The highest BCUT2D eigenvalue weighted by Gasteiger charge is 2.35. The molecule has 150 valence electrons. The summed E-state index contributed by atoms with van der Waals surface area (Å²) in [7, 11) is 0. The van der Waals surface area contributed by atoms with Gasteiger partial charge >= 0.3 is 6.18 Å². The number of ether oxygens (including phenoxy) is 1. The lowest BCUT2D eigenvalue weighted by Gasteiger charge is -2.14. The predicted octanol–water partition coefficient (Wildman–Crippen LogP) is 5.90. The zero-order chi connectivity index (χ0) is 21.2. The van der Waals surface area contributed by atoms with E-state index in [1.54, 1.807) is 19.9 Å². The van der Waals surface area contributed by atoms with E-state index in [1.165, 1.54) is 42.5 Å². The number of aromatic nitrogens is 1. The fraction of sp³-hybridized carbons (Fsp3) is 0.143. The van der Waals surface area contributed by atoms with Crippen molar-refractivity contribution in [2.45, 2.75) is 20.0 Å². The number of carbonyl (C=O) groups excluding carboxylic acids is 1. The number of hydrogen-bond acceptors (Lipinski definition) is 3. The lowest BCUT2D eigenvalue weighted by atomic mass is 10.1. The number of benzene rings is 2. The van der Waals surface area contributed by atoms with E-state index in [2.05, 4.69) is 10.3 Å². The molecule has 0 aliphatic heterocycles. The van der Waals surface area contributed by atoms with Gasteiger partial charge in [0.15, 0.2) is 0 Å². The van der Waals surface area contributed by atoms with E-state index in [0.717, 1.165) is 6.20 Å². The van der Waals surface area contributed by atoms with Gasteiger partial charge in [0.2, 0.25) is 0 Å². The van der Waals surface area contributed by atoms with Crippen molar-refractivity contribution in [2.24, 2.45) is 0 Å². The Bertz CT molecular complexity index is 1030. The molecule has 0 bridgehead atoms. The first-order valence-electron chi connectivity index (χ1n) is 8.53. The average Bonchev–Trinajstić information content (AvgIpc) is 2.62. The van der Waals surface area contributed by atoms with E-state index in [4.69, 9.17) is 4.74 Å². The van der Waals surface area contributed by atoms with Crippen molar-refractivity contribution in [1.29, 1.82) is 0 Å². The first-order valence-corrected chi connectivity index (χ1v) is 8.53. The van der Waals surface area contributed by atoms with Gasteiger partial charge in [0, 0.05) is 23.6 Å². The Balaban J connectivity index is 1.78. The Hall–Kier alpha value is -3.42. The maximum atomic E-state index is 13.9. The van der Waals surface area contributed by atoms with E-state index in [9.17, 15) is 22.4 Å². The van der Waals surface area contributed by atoms with Crippen LogP contribution >= 0.6 is 0 Å². The molecule has 2 aromatic carbocycles. The maximum absolute atomic E-state index is 13.9. The van der Waals surface area contributed by atoms with Crippen LogP contribution in [0.25, 0.3) is 0 Å². The molecule has 29 heavy (non-hydrogen) atoms. The number of rotatable bonds is 4. The van der Waals surface area contributed by atoms with Crippen molar-refractivity contribution in [1.82, 2.24) is 4.98 Å². The van der Waals surface area contributed by atoms with Gasteiger partial charge in [-0.15, -0.1) is 0 Å². The Morgan fingerprint density at radius 3 is 2.38 bits per heavy atom. The van der Waals surface area contributed by atoms with Crippen LogP contribution in [0, 0.1) is 19.7 Å². The molecule has 3 aromatic rings. The summed E-state index contributed by atoms with van der Waals surface area (Å²) in [5.74, 6) is -1.50. The standard InChI is InChI=1S/C21H16F4N2O2/c1-12-4-3-5-17(22)19(12)20(28)27-14-6-8-15(9-7-14)29-18-10-13(2)26-11-16(18)21(23,24)25/h3-11H,1-2H3,(H,27,28). The van der Waals surface area contributed by atoms with Crippen molar-refractivity contribution in [3.8, 4) is 11.5 Å². The fourth-order valence-corrected chi connectivity index (χ4v) is 2.68. The number of nitrogens with one attached hydrogen (secondary N) is 1. The van der Waals surface area contributed by atoms with Gasteiger partial charge in [-0.1, -0.05) is 12.1 Å². The van der Waals surface area contributed by atoms with Gasteiger partial charge < -0.3 is 10.1 Å². The molecule has 0 fully saturated rings. The molecule has 0 radical (unpaired) electrons. The summed E-state index contributed by atoms with van der Waals surface area (Å²) in [6.45, 7) is 3.17. The van der Waals surface area contributed by atoms with Crippen LogP contribution in [0.3, 0.4) is 0 Å². The predicted molar refractivity (Wildman–Crippen MR) is 99.6 cm³/mol. The minimum absolute atomic E-state index is 0.0742. The SMILES string of the molecule is Cc1cc(Oc2ccc(NC(=O)c3c(C)cccc3F)cc2)c(C(F)(F)F)cn1. The van der Waals surface area contributed by atoms with E-state index in [-0.39, 0.29) is 17.1 Å². The number of carbonyl (C=O) groups is 1. The number of alkyl halides is 3. The van der Waals surface area contributed by atoms with Crippen LogP contribution in [0.15, 0.2) is 54.7 Å². The Labute approximate surface area is 164 Å². The van der Waals surface area contributed by atoms with E-state index in [0.29, 0.717) is 16.9 Å². The van der Waals surface area contributed by atoms with Gasteiger partial charge in [0.05, 0.1) is 5.56 Å². The molecule has 1 N–H and O–H groups in total. The molecule has 0 atom stereocenters. The molecule has 4 nitrogen and oxygen atoms in total. The van der Waals surface area contributed by atoms with Crippen molar-refractivity contribution >= 4 is 11.6 Å². The third-order valence-electron chi connectivity index (χ3n) is 4.10. The monoisotopic (exact) mass is 404 g/mol. The second kappa shape index (κ2) is 7.90. The van der Waals surface area contributed by atoms with Crippen LogP contribution in [0.5, 0.6) is 11.5 Å². The van der Waals surface area contributed by atoms with E-state index in [1.807, 2.05) is 0 Å². The summed E-state index contributed by atoms with van der Waals surface area (Å²) in [5.41, 5.74) is 0.129. The number of halogens is 4. The lowest BCUT2D eigenvalue weighted by molar-refractivity contribution is -0.138.